The van der Waals surface area contributed by atoms with Crippen LogP contribution in [0.2, 0.25) is 0 Å². The molecule has 1 aliphatic rings. The van der Waals surface area contributed by atoms with E-state index in [4.69, 9.17) is 0 Å². The maximum absolute atomic E-state index is 13.8. The van der Waals surface area contributed by atoms with Gasteiger partial charge in [-0.15, -0.1) is 0 Å². The number of hydrogen-bond acceptors (Lipinski definition) is 4. The van der Waals surface area contributed by atoms with Gasteiger partial charge in [0.15, 0.2) is 0 Å². The molecule has 0 aromatic heterocycles. The van der Waals surface area contributed by atoms with E-state index < -0.39 is 27.9 Å². The second-order valence-electron chi connectivity index (χ2n) is 8.68. The molecular formula is C28H25N3O4S. The number of carbonyl (C=O) groups is 2. The number of amides is 2. The Bertz CT molecular complexity index is 1540. The van der Waals surface area contributed by atoms with Crippen molar-refractivity contribution >= 4 is 38.3 Å². The molecule has 1 heterocycles. The van der Waals surface area contributed by atoms with Crippen molar-refractivity contribution in [1.29, 1.82) is 0 Å². The van der Waals surface area contributed by atoms with Gasteiger partial charge in [0.25, 0.3) is 0 Å². The Labute approximate surface area is 209 Å². The summed E-state index contributed by atoms with van der Waals surface area (Å²) in [6.07, 6.45) is 0.217. The summed E-state index contributed by atoms with van der Waals surface area (Å²) in [5.41, 5.74) is 2.38. The largest absolute Gasteiger partial charge is 0.346 e. The summed E-state index contributed by atoms with van der Waals surface area (Å²) in [6.45, 7) is -0.199. The maximum Gasteiger partial charge on any atom is 0.244 e. The van der Waals surface area contributed by atoms with Crippen LogP contribution in [0, 0.1) is 0 Å². The topological polar surface area (TPSA) is 95.6 Å². The summed E-state index contributed by atoms with van der Waals surface area (Å²) >= 11 is 0. The molecule has 4 aromatic rings. The Kier molecular flexibility index (Phi) is 6.54. The third-order valence-corrected chi connectivity index (χ3v) is 8.17. The number of fused-ring (bicyclic) bond motifs is 2. The number of nitrogens with one attached hydrogen (secondary N) is 2. The zero-order valence-electron chi connectivity index (χ0n) is 19.4. The second-order valence-corrected chi connectivity index (χ2v) is 10.6. The molecule has 4 aromatic carbocycles. The van der Waals surface area contributed by atoms with Gasteiger partial charge in [0, 0.05) is 12.2 Å². The van der Waals surface area contributed by atoms with E-state index in [0.717, 1.165) is 21.9 Å². The fraction of sp³-hybridized carbons (Fsp3) is 0.143. The molecule has 8 heteroatoms. The van der Waals surface area contributed by atoms with Gasteiger partial charge < -0.3 is 10.6 Å². The van der Waals surface area contributed by atoms with Crippen LogP contribution >= 0.6 is 0 Å². The summed E-state index contributed by atoms with van der Waals surface area (Å²) in [5, 5.41) is 7.07. The van der Waals surface area contributed by atoms with Crippen LogP contribution in [0.4, 0.5) is 5.69 Å². The zero-order valence-corrected chi connectivity index (χ0v) is 20.2. The van der Waals surface area contributed by atoms with Crippen molar-refractivity contribution in [3.8, 4) is 0 Å². The molecule has 0 unspecified atom stereocenters. The average Bonchev–Trinajstić information content (AvgIpc) is 2.91. The van der Waals surface area contributed by atoms with E-state index in [-0.39, 0.29) is 24.4 Å². The summed E-state index contributed by atoms with van der Waals surface area (Å²) < 4.78 is 28.8. The number of sulfonamides is 1. The molecule has 182 valence electrons. The van der Waals surface area contributed by atoms with Crippen molar-refractivity contribution in [2.75, 3.05) is 11.9 Å². The molecule has 0 spiro atoms. The van der Waals surface area contributed by atoms with Crippen LogP contribution in [0.1, 0.15) is 11.1 Å². The van der Waals surface area contributed by atoms with Crippen molar-refractivity contribution in [2.24, 2.45) is 0 Å². The van der Waals surface area contributed by atoms with E-state index in [1.807, 2.05) is 54.6 Å². The first-order valence-corrected chi connectivity index (χ1v) is 13.1. The van der Waals surface area contributed by atoms with Gasteiger partial charge >= 0.3 is 0 Å². The lowest BCUT2D eigenvalue weighted by Crippen LogP contribution is -2.53. The third-order valence-electron chi connectivity index (χ3n) is 6.32. The minimum absolute atomic E-state index is 0.0691. The Hall–Kier alpha value is -4.01. The van der Waals surface area contributed by atoms with E-state index in [1.54, 1.807) is 42.5 Å². The van der Waals surface area contributed by atoms with Crippen LogP contribution in [0.25, 0.3) is 10.8 Å². The van der Waals surface area contributed by atoms with Gasteiger partial charge in [-0.1, -0.05) is 72.8 Å². The number of para-hydroxylation sites is 1. The van der Waals surface area contributed by atoms with Crippen molar-refractivity contribution in [3.05, 3.63) is 108 Å². The maximum atomic E-state index is 13.8. The molecule has 5 rings (SSSR count). The predicted octanol–water partition coefficient (Wildman–Crippen LogP) is 3.71. The lowest BCUT2D eigenvalue weighted by molar-refractivity contribution is -0.127. The highest BCUT2D eigenvalue weighted by Gasteiger charge is 2.39. The van der Waals surface area contributed by atoms with Gasteiger partial charge in [-0.3, -0.25) is 9.59 Å². The number of benzene rings is 4. The first-order valence-electron chi connectivity index (χ1n) is 11.6. The van der Waals surface area contributed by atoms with Gasteiger partial charge in [-0.25, -0.2) is 8.42 Å². The molecule has 0 radical (unpaired) electrons. The van der Waals surface area contributed by atoms with Crippen LogP contribution in [-0.2, 0) is 32.6 Å². The van der Waals surface area contributed by atoms with Crippen LogP contribution in [0.15, 0.2) is 102 Å². The second kappa shape index (κ2) is 9.93. The molecule has 7 nitrogen and oxygen atoms in total. The summed E-state index contributed by atoms with van der Waals surface area (Å²) in [5.74, 6) is -0.910. The monoisotopic (exact) mass is 499 g/mol. The van der Waals surface area contributed by atoms with Gasteiger partial charge in [0.05, 0.1) is 11.4 Å². The van der Waals surface area contributed by atoms with E-state index in [9.17, 15) is 18.0 Å². The number of hydrogen-bond donors (Lipinski definition) is 2. The summed E-state index contributed by atoms with van der Waals surface area (Å²) in [7, 11) is -4.01. The molecule has 36 heavy (non-hydrogen) atoms. The standard InChI is InChI=1S/C28H25N3O4S/c32-27(30-24-12-2-1-3-13-24)18-29-28(33)26-17-22-10-6-7-11-23(22)19-31(26)36(34,35)25-15-14-20-8-4-5-9-21(20)16-25/h1-16,26H,17-19H2,(H,29,33)(H,30,32)/t26-/m0/s1. The van der Waals surface area contributed by atoms with Gasteiger partial charge in [-0.2, -0.15) is 4.31 Å². The smallest absolute Gasteiger partial charge is 0.244 e. The van der Waals surface area contributed by atoms with Crippen molar-refractivity contribution in [1.82, 2.24) is 9.62 Å². The molecule has 0 bridgehead atoms. The SMILES string of the molecule is O=C(CNC(=O)[C@@H]1Cc2ccccc2CN1S(=O)(=O)c1ccc2ccccc2c1)Nc1ccccc1. The molecule has 2 amide bonds. The summed E-state index contributed by atoms with van der Waals surface area (Å²) in [4.78, 5) is 25.8. The molecule has 0 fully saturated rings. The molecule has 2 N–H and O–H groups in total. The molecule has 1 aliphatic heterocycles. The molecular weight excluding hydrogens is 474 g/mol. The number of nitrogens with zero attached hydrogens (tertiary/aromatic N) is 1. The lowest BCUT2D eigenvalue weighted by Gasteiger charge is -2.35. The fourth-order valence-electron chi connectivity index (χ4n) is 4.45. The number of carbonyl (C=O) groups excluding carboxylic acids is 2. The van der Waals surface area contributed by atoms with Crippen molar-refractivity contribution in [2.45, 2.75) is 23.9 Å². The Morgan fingerprint density at radius 3 is 2.25 bits per heavy atom. The van der Waals surface area contributed by atoms with Gasteiger partial charge in [0.2, 0.25) is 21.8 Å². The quantitative estimate of drug-likeness (QED) is 0.423. The van der Waals surface area contributed by atoms with Gasteiger partial charge in [-0.05, 0) is 52.6 Å². The van der Waals surface area contributed by atoms with Crippen molar-refractivity contribution < 1.29 is 18.0 Å². The van der Waals surface area contributed by atoms with Crippen LogP contribution in [-0.4, -0.2) is 37.1 Å². The highest BCUT2D eigenvalue weighted by molar-refractivity contribution is 7.89. The normalized spacial score (nSPS) is 15.7. The third kappa shape index (κ3) is 4.86. The average molecular weight is 500 g/mol. The minimum atomic E-state index is -4.01. The highest BCUT2D eigenvalue weighted by atomic mass is 32.2. The van der Waals surface area contributed by atoms with E-state index in [0.29, 0.717) is 5.69 Å². The first-order chi connectivity index (χ1) is 17.4. The fourth-order valence-corrected chi connectivity index (χ4v) is 6.05. The summed E-state index contributed by atoms with van der Waals surface area (Å²) in [6, 6.07) is 27.9. The molecule has 1 atom stereocenters. The number of anilines is 1. The van der Waals surface area contributed by atoms with E-state index in [1.165, 1.54) is 4.31 Å². The Morgan fingerprint density at radius 2 is 1.47 bits per heavy atom. The van der Waals surface area contributed by atoms with Crippen LogP contribution in [0.5, 0.6) is 0 Å². The van der Waals surface area contributed by atoms with Crippen molar-refractivity contribution in [3.63, 3.8) is 0 Å². The van der Waals surface area contributed by atoms with Crippen LogP contribution < -0.4 is 10.6 Å². The van der Waals surface area contributed by atoms with E-state index in [2.05, 4.69) is 10.6 Å². The molecule has 0 saturated carbocycles. The Morgan fingerprint density at radius 1 is 0.806 bits per heavy atom. The zero-order chi connectivity index (χ0) is 25.1. The predicted molar refractivity (Wildman–Crippen MR) is 139 cm³/mol. The molecule has 0 aliphatic carbocycles. The molecule has 0 saturated heterocycles. The highest BCUT2D eigenvalue weighted by Crippen LogP contribution is 2.30. The minimum Gasteiger partial charge on any atom is -0.346 e. The van der Waals surface area contributed by atoms with Gasteiger partial charge in [0.1, 0.15) is 6.04 Å². The lowest BCUT2D eigenvalue weighted by atomic mass is 9.95. The first kappa shape index (κ1) is 23.7. The Balaban J connectivity index is 1.40. The number of rotatable bonds is 6. The van der Waals surface area contributed by atoms with Crippen LogP contribution in [0.3, 0.4) is 0 Å². The van der Waals surface area contributed by atoms with E-state index >= 15 is 0 Å².